The highest BCUT2D eigenvalue weighted by Crippen LogP contribution is 2.42. The largest absolute Gasteiger partial charge is 0.493 e. The summed E-state index contributed by atoms with van der Waals surface area (Å²) in [6.45, 7) is 4.27. The minimum absolute atomic E-state index is 0.0738. The summed E-state index contributed by atoms with van der Waals surface area (Å²) < 4.78 is 11.1. The monoisotopic (exact) mass is 340 g/mol. The molecule has 1 aliphatic rings. The van der Waals surface area contributed by atoms with Crippen LogP contribution in [0.25, 0.3) is 11.1 Å². The number of anilines is 1. The number of methoxy groups -OCH3 is 2. The van der Waals surface area contributed by atoms with Gasteiger partial charge in [0.15, 0.2) is 11.5 Å². The van der Waals surface area contributed by atoms with Gasteiger partial charge in [-0.3, -0.25) is 4.79 Å². The number of nitrogens with zero attached hydrogens (tertiary/aromatic N) is 1. The standard InChI is InChI=1S/C20H24N2O3/c1-12(21)16-10-17(20(25-4)19(11-16)24-3)14-5-6-18-15(9-14)7-8-22(18)13(2)23/h5-6,9-12H,7-8,21H2,1-4H3. The molecule has 0 saturated heterocycles. The van der Waals surface area contributed by atoms with E-state index in [-0.39, 0.29) is 11.9 Å². The highest BCUT2D eigenvalue weighted by molar-refractivity contribution is 5.94. The predicted molar refractivity (Wildman–Crippen MR) is 99.3 cm³/mol. The van der Waals surface area contributed by atoms with Crippen LogP contribution in [0.2, 0.25) is 0 Å². The Morgan fingerprint density at radius 1 is 1.20 bits per heavy atom. The number of fused-ring (bicyclic) bond motifs is 1. The number of benzene rings is 2. The molecule has 3 rings (SSSR count). The van der Waals surface area contributed by atoms with Crippen molar-refractivity contribution in [3.8, 4) is 22.6 Å². The fourth-order valence-corrected chi connectivity index (χ4v) is 3.36. The van der Waals surface area contributed by atoms with Crippen LogP contribution in [0.1, 0.15) is 31.0 Å². The molecular formula is C20H24N2O3. The van der Waals surface area contributed by atoms with E-state index in [1.54, 1.807) is 21.1 Å². The van der Waals surface area contributed by atoms with Gasteiger partial charge in [0.1, 0.15) is 0 Å². The SMILES string of the molecule is COc1cc(C(C)N)cc(-c2ccc3c(c2)CCN3C(C)=O)c1OC. The maximum atomic E-state index is 11.7. The first-order valence-corrected chi connectivity index (χ1v) is 8.39. The molecule has 1 amide bonds. The zero-order valence-electron chi connectivity index (χ0n) is 15.1. The van der Waals surface area contributed by atoms with Gasteiger partial charge in [0, 0.05) is 30.8 Å². The average Bonchev–Trinajstić information content (AvgIpc) is 3.03. The quantitative estimate of drug-likeness (QED) is 0.927. The van der Waals surface area contributed by atoms with Gasteiger partial charge < -0.3 is 20.1 Å². The molecule has 5 nitrogen and oxygen atoms in total. The third-order valence-corrected chi connectivity index (χ3v) is 4.69. The van der Waals surface area contributed by atoms with E-state index in [4.69, 9.17) is 15.2 Å². The molecule has 0 saturated carbocycles. The smallest absolute Gasteiger partial charge is 0.223 e. The fourth-order valence-electron chi connectivity index (χ4n) is 3.36. The number of amides is 1. The Morgan fingerprint density at radius 3 is 2.56 bits per heavy atom. The normalized spacial score (nSPS) is 14.2. The van der Waals surface area contributed by atoms with Crippen LogP contribution in [0.3, 0.4) is 0 Å². The van der Waals surface area contributed by atoms with Crippen LogP contribution in [-0.2, 0) is 11.2 Å². The molecule has 132 valence electrons. The molecule has 2 aromatic carbocycles. The molecule has 25 heavy (non-hydrogen) atoms. The molecule has 0 radical (unpaired) electrons. The first-order chi connectivity index (χ1) is 12.0. The number of nitrogens with two attached hydrogens (primary N) is 1. The van der Waals surface area contributed by atoms with Crippen LogP contribution in [0.5, 0.6) is 11.5 Å². The highest BCUT2D eigenvalue weighted by Gasteiger charge is 2.23. The van der Waals surface area contributed by atoms with Gasteiger partial charge in [-0.15, -0.1) is 0 Å². The van der Waals surface area contributed by atoms with Gasteiger partial charge >= 0.3 is 0 Å². The van der Waals surface area contributed by atoms with Gasteiger partial charge in [-0.1, -0.05) is 6.07 Å². The summed E-state index contributed by atoms with van der Waals surface area (Å²) in [5.74, 6) is 1.43. The fraction of sp³-hybridized carbons (Fsp3) is 0.350. The van der Waals surface area contributed by atoms with Crippen molar-refractivity contribution in [3.63, 3.8) is 0 Å². The van der Waals surface area contributed by atoms with Gasteiger partial charge in [0.2, 0.25) is 5.91 Å². The Hall–Kier alpha value is -2.53. The zero-order valence-corrected chi connectivity index (χ0v) is 15.1. The lowest BCUT2D eigenvalue weighted by Crippen LogP contribution is -2.25. The summed E-state index contributed by atoms with van der Waals surface area (Å²) in [4.78, 5) is 13.6. The Morgan fingerprint density at radius 2 is 1.96 bits per heavy atom. The van der Waals surface area contributed by atoms with Crippen molar-refractivity contribution in [1.29, 1.82) is 0 Å². The topological polar surface area (TPSA) is 64.8 Å². The van der Waals surface area contributed by atoms with Crippen LogP contribution < -0.4 is 20.1 Å². The van der Waals surface area contributed by atoms with Gasteiger partial charge in [-0.2, -0.15) is 0 Å². The second-order valence-electron chi connectivity index (χ2n) is 6.36. The molecule has 1 atom stereocenters. The Labute approximate surface area is 148 Å². The molecule has 0 aliphatic carbocycles. The van der Waals surface area contributed by atoms with E-state index in [0.717, 1.165) is 35.3 Å². The van der Waals surface area contributed by atoms with E-state index >= 15 is 0 Å². The van der Waals surface area contributed by atoms with Crippen LogP contribution in [0, 0.1) is 0 Å². The van der Waals surface area contributed by atoms with Crippen molar-refractivity contribution in [2.24, 2.45) is 5.73 Å². The average molecular weight is 340 g/mol. The third-order valence-electron chi connectivity index (χ3n) is 4.69. The molecule has 0 fully saturated rings. The minimum Gasteiger partial charge on any atom is -0.493 e. The summed E-state index contributed by atoms with van der Waals surface area (Å²) in [6.07, 6.45) is 0.856. The molecule has 1 aliphatic heterocycles. The van der Waals surface area contributed by atoms with E-state index in [9.17, 15) is 4.79 Å². The van der Waals surface area contributed by atoms with Crippen molar-refractivity contribution < 1.29 is 14.3 Å². The van der Waals surface area contributed by atoms with E-state index in [0.29, 0.717) is 11.5 Å². The van der Waals surface area contributed by atoms with Crippen LogP contribution in [0.15, 0.2) is 30.3 Å². The van der Waals surface area contributed by atoms with Crippen molar-refractivity contribution in [2.45, 2.75) is 26.3 Å². The molecular weight excluding hydrogens is 316 g/mol. The number of rotatable bonds is 4. The summed E-state index contributed by atoms with van der Waals surface area (Å²) in [7, 11) is 3.26. The van der Waals surface area contributed by atoms with Crippen LogP contribution in [-0.4, -0.2) is 26.7 Å². The summed E-state index contributed by atoms with van der Waals surface area (Å²) in [5.41, 5.74) is 11.2. The summed E-state index contributed by atoms with van der Waals surface area (Å²) >= 11 is 0. The summed E-state index contributed by atoms with van der Waals surface area (Å²) in [6, 6.07) is 10.00. The Kier molecular flexibility index (Phi) is 4.68. The van der Waals surface area contributed by atoms with E-state index in [1.807, 2.05) is 36.1 Å². The molecule has 2 N–H and O–H groups in total. The highest BCUT2D eigenvalue weighted by atomic mass is 16.5. The van der Waals surface area contributed by atoms with E-state index in [2.05, 4.69) is 6.07 Å². The van der Waals surface area contributed by atoms with Crippen molar-refractivity contribution in [2.75, 3.05) is 25.7 Å². The first kappa shape index (κ1) is 17.3. The Bertz CT molecular complexity index is 815. The van der Waals surface area contributed by atoms with Crippen LogP contribution >= 0.6 is 0 Å². The number of hydrogen-bond donors (Lipinski definition) is 1. The lowest BCUT2D eigenvalue weighted by molar-refractivity contribution is -0.116. The third kappa shape index (κ3) is 3.07. The van der Waals surface area contributed by atoms with Gasteiger partial charge in [0.25, 0.3) is 0 Å². The first-order valence-electron chi connectivity index (χ1n) is 8.39. The number of carbonyl (C=O) groups is 1. The van der Waals surface area contributed by atoms with Gasteiger partial charge in [0.05, 0.1) is 14.2 Å². The van der Waals surface area contributed by atoms with E-state index < -0.39 is 0 Å². The van der Waals surface area contributed by atoms with Crippen LogP contribution in [0.4, 0.5) is 5.69 Å². The predicted octanol–water partition coefficient (Wildman–Crippen LogP) is 3.30. The molecule has 0 aromatic heterocycles. The second kappa shape index (κ2) is 6.76. The lowest BCUT2D eigenvalue weighted by Gasteiger charge is -2.18. The number of ether oxygens (including phenoxy) is 2. The van der Waals surface area contributed by atoms with Crippen molar-refractivity contribution >= 4 is 11.6 Å². The minimum atomic E-state index is -0.110. The van der Waals surface area contributed by atoms with Crippen molar-refractivity contribution in [1.82, 2.24) is 0 Å². The Balaban J connectivity index is 2.13. The lowest BCUT2D eigenvalue weighted by atomic mass is 9.96. The molecule has 0 spiro atoms. The zero-order chi connectivity index (χ0) is 18.1. The molecule has 1 heterocycles. The maximum absolute atomic E-state index is 11.7. The van der Waals surface area contributed by atoms with Gasteiger partial charge in [-0.25, -0.2) is 0 Å². The van der Waals surface area contributed by atoms with Crippen molar-refractivity contribution in [3.05, 3.63) is 41.5 Å². The molecule has 0 bridgehead atoms. The summed E-state index contributed by atoms with van der Waals surface area (Å²) in [5, 5.41) is 0. The molecule has 1 unspecified atom stereocenters. The maximum Gasteiger partial charge on any atom is 0.223 e. The number of hydrogen-bond acceptors (Lipinski definition) is 4. The van der Waals surface area contributed by atoms with E-state index in [1.165, 1.54) is 5.56 Å². The number of carbonyl (C=O) groups excluding carboxylic acids is 1. The molecule has 2 aromatic rings. The molecule has 5 heteroatoms. The second-order valence-corrected chi connectivity index (χ2v) is 6.36. The van der Waals surface area contributed by atoms with Gasteiger partial charge in [-0.05, 0) is 54.3 Å².